The minimum atomic E-state index is -0.646. The van der Waals surface area contributed by atoms with E-state index >= 15 is 0 Å². The maximum absolute atomic E-state index is 12.1. The van der Waals surface area contributed by atoms with Gasteiger partial charge in [0.2, 0.25) is 0 Å². The molecule has 7 heteroatoms. The maximum atomic E-state index is 12.1. The molecule has 0 unspecified atom stereocenters. The monoisotopic (exact) mass is 336 g/mol. The van der Waals surface area contributed by atoms with Crippen LogP contribution in [0.1, 0.15) is 27.0 Å². The van der Waals surface area contributed by atoms with Crippen LogP contribution < -0.4 is 10.9 Å². The van der Waals surface area contributed by atoms with E-state index in [-0.39, 0.29) is 5.91 Å². The van der Waals surface area contributed by atoms with Crippen molar-refractivity contribution in [3.63, 3.8) is 0 Å². The predicted octanol–water partition coefficient (Wildman–Crippen LogP) is 2.57. The third kappa shape index (κ3) is 5.83. The highest BCUT2D eigenvalue weighted by atomic mass is 16.3. The molecule has 0 aromatic heterocycles. The Kier molecular flexibility index (Phi) is 6.30. The molecule has 0 fully saturated rings. The summed E-state index contributed by atoms with van der Waals surface area (Å²) in [5.74, 6) is -1.02. The molecular weight excluding hydrogens is 320 g/mol. The fourth-order valence-electron chi connectivity index (χ4n) is 1.92. The molecule has 2 rings (SSSR count). The first-order valence-corrected chi connectivity index (χ1v) is 7.39. The smallest absolute Gasteiger partial charge is 0.268 e. The molecule has 2 N–H and O–H groups in total. The van der Waals surface area contributed by atoms with Gasteiger partial charge >= 0.3 is 0 Å². The number of nitrogens with one attached hydrogen (secondary N) is 2. The SMILES string of the molecule is Cc1ccc(C=NNC(=O)c2cccc(C=CC(=O)NN=O)c2)cc1. The van der Waals surface area contributed by atoms with Gasteiger partial charge in [-0.3, -0.25) is 9.59 Å². The second-order valence-electron chi connectivity index (χ2n) is 5.14. The molecule has 2 aromatic carbocycles. The van der Waals surface area contributed by atoms with Crippen LogP contribution in [0.2, 0.25) is 0 Å². The highest BCUT2D eigenvalue weighted by molar-refractivity contribution is 5.96. The Labute approximate surface area is 144 Å². The molecule has 2 aromatic rings. The van der Waals surface area contributed by atoms with Gasteiger partial charge in [-0.15, -0.1) is 4.91 Å². The van der Waals surface area contributed by atoms with E-state index in [1.165, 1.54) is 6.08 Å². The van der Waals surface area contributed by atoms with E-state index in [1.54, 1.807) is 35.9 Å². The molecule has 126 valence electrons. The van der Waals surface area contributed by atoms with Crippen LogP contribution in [0.25, 0.3) is 6.08 Å². The van der Waals surface area contributed by atoms with Gasteiger partial charge in [-0.2, -0.15) is 5.10 Å². The predicted molar refractivity (Wildman–Crippen MR) is 95.7 cm³/mol. The summed E-state index contributed by atoms with van der Waals surface area (Å²) in [4.78, 5) is 33.1. The second-order valence-corrected chi connectivity index (χ2v) is 5.14. The number of carbonyl (C=O) groups is 2. The lowest BCUT2D eigenvalue weighted by Crippen LogP contribution is -2.17. The Morgan fingerprint density at radius 3 is 2.48 bits per heavy atom. The minimum Gasteiger partial charge on any atom is -0.268 e. The van der Waals surface area contributed by atoms with E-state index in [9.17, 15) is 14.5 Å². The molecular formula is C18H16N4O3. The van der Waals surface area contributed by atoms with Gasteiger partial charge in [0, 0.05) is 11.6 Å². The fraction of sp³-hybridized carbons (Fsp3) is 0.0556. The Morgan fingerprint density at radius 1 is 1.00 bits per heavy atom. The average molecular weight is 336 g/mol. The van der Waals surface area contributed by atoms with Crippen LogP contribution >= 0.6 is 0 Å². The van der Waals surface area contributed by atoms with Crippen molar-refractivity contribution >= 4 is 24.1 Å². The largest absolute Gasteiger partial charge is 0.271 e. The first-order chi connectivity index (χ1) is 12.1. The number of hydrazone groups is 1. The maximum Gasteiger partial charge on any atom is 0.271 e. The Hall–Kier alpha value is -3.61. The average Bonchev–Trinajstić information content (AvgIpc) is 2.62. The quantitative estimate of drug-likeness (QED) is 0.367. The van der Waals surface area contributed by atoms with Crippen LogP contribution in [-0.2, 0) is 4.79 Å². The van der Waals surface area contributed by atoms with Crippen LogP contribution in [0.5, 0.6) is 0 Å². The molecule has 0 aliphatic rings. The van der Waals surface area contributed by atoms with E-state index in [0.29, 0.717) is 11.1 Å². The van der Waals surface area contributed by atoms with Gasteiger partial charge in [-0.25, -0.2) is 10.9 Å². The van der Waals surface area contributed by atoms with E-state index in [2.05, 4.69) is 15.8 Å². The van der Waals surface area contributed by atoms with Gasteiger partial charge < -0.3 is 0 Å². The third-order valence-electron chi connectivity index (χ3n) is 3.19. The topological polar surface area (TPSA) is 100.0 Å². The van der Waals surface area contributed by atoms with Crippen molar-refractivity contribution in [1.82, 2.24) is 10.9 Å². The van der Waals surface area contributed by atoms with Crippen molar-refractivity contribution in [2.75, 3.05) is 0 Å². The summed E-state index contributed by atoms with van der Waals surface area (Å²) >= 11 is 0. The van der Waals surface area contributed by atoms with E-state index < -0.39 is 5.91 Å². The Balaban J connectivity index is 1.99. The molecule has 25 heavy (non-hydrogen) atoms. The summed E-state index contributed by atoms with van der Waals surface area (Å²) in [7, 11) is 0. The molecule has 2 amide bonds. The van der Waals surface area contributed by atoms with Crippen LogP contribution in [0.3, 0.4) is 0 Å². The summed E-state index contributed by atoms with van der Waals surface area (Å²) in [5.41, 5.74) is 7.21. The number of nitrogens with zero attached hydrogens (tertiary/aromatic N) is 2. The number of carbonyl (C=O) groups excluding carboxylic acids is 2. The zero-order chi connectivity index (χ0) is 18.1. The standard InChI is InChI=1S/C18H16N4O3/c1-13-5-7-15(8-6-13)12-19-21-18(24)16-4-2-3-14(11-16)9-10-17(23)20-22-25/h2-12H,1H3,(H,21,24)(H,20,23,25). The van der Waals surface area contributed by atoms with Crippen molar-refractivity contribution in [2.45, 2.75) is 6.92 Å². The number of hydrogen-bond donors (Lipinski definition) is 2. The van der Waals surface area contributed by atoms with Crippen LogP contribution in [0.15, 0.2) is 65.0 Å². The number of hydrogen-bond acceptors (Lipinski definition) is 5. The Morgan fingerprint density at radius 2 is 1.76 bits per heavy atom. The van der Waals surface area contributed by atoms with Crippen molar-refractivity contribution in [2.24, 2.45) is 10.4 Å². The highest BCUT2D eigenvalue weighted by Crippen LogP contribution is 2.07. The molecule has 0 saturated heterocycles. The summed E-state index contributed by atoms with van der Waals surface area (Å²) in [5, 5.41) is 6.20. The molecule has 0 atom stereocenters. The van der Waals surface area contributed by atoms with Crippen LogP contribution in [0.4, 0.5) is 0 Å². The van der Waals surface area contributed by atoms with Crippen molar-refractivity contribution in [1.29, 1.82) is 0 Å². The van der Waals surface area contributed by atoms with E-state index in [0.717, 1.165) is 17.2 Å². The van der Waals surface area contributed by atoms with Gasteiger partial charge in [-0.1, -0.05) is 42.0 Å². The first kappa shape index (κ1) is 17.7. The summed E-state index contributed by atoms with van der Waals surface area (Å²) in [6.07, 6.45) is 4.17. The lowest BCUT2D eigenvalue weighted by atomic mass is 10.1. The van der Waals surface area contributed by atoms with E-state index in [1.807, 2.05) is 31.2 Å². The van der Waals surface area contributed by atoms with Crippen molar-refractivity contribution in [3.05, 3.63) is 81.8 Å². The zero-order valence-electron chi connectivity index (χ0n) is 13.5. The molecule has 0 saturated carbocycles. The number of aryl methyl sites for hydroxylation is 1. The molecule has 0 aliphatic carbocycles. The first-order valence-electron chi connectivity index (χ1n) is 7.39. The molecule has 0 bridgehead atoms. The van der Waals surface area contributed by atoms with E-state index in [4.69, 9.17) is 0 Å². The van der Waals surface area contributed by atoms with Gasteiger partial charge in [0.1, 0.15) is 0 Å². The van der Waals surface area contributed by atoms with Gasteiger partial charge in [0.15, 0.2) is 0 Å². The van der Waals surface area contributed by atoms with Crippen molar-refractivity contribution < 1.29 is 9.59 Å². The number of rotatable bonds is 6. The highest BCUT2D eigenvalue weighted by Gasteiger charge is 2.04. The van der Waals surface area contributed by atoms with Crippen LogP contribution in [-0.4, -0.2) is 18.0 Å². The molecule has 0 aliphatic heterocycles. The normalized spacial score (nSPS) is 10.8. The zero-order valence-corrected chi connectivity index (χ0v) is 13.5. The summed E-state index contributed by atoms with van der Waals surface area (Å²) < 4.78 is 0. The summed E-state index contributed by atoms with van der Waals surface area (Å²) in [6, 6.07) is 14.3. The molecule has 0 radical (unpaired) electrons. The van der Waals surface area contributed by atoms with Crippen molar-refractivity contribution in [3.8, 4) is 0 Å². The third-order valence-corrected chi connectivity index (χ3v) is 3.19. The number of amides is 2. The fourth-order valence-corrected chi connectivity index (χ4v) is 1.92. The lowest BCUT2D eigenvalue weighted by molar-refractivity contribution is -0.116. The lowest BCUT2D eigenvalue weighted by Gasteiger charge is -2.01. The minimum absolute atomic E-state index is 0.377. The van der Waals surface area contributed by atoms with Crippen LogP contribution in [0, 0.1) is 11.8 Å². The second kappa shape index (κ2) is 8.88. The Bertz CT molecular complexity index is 826. The number of nitroso groups, excluding NO2 is 1. The van der Waals surface area contributed by atoms with Gasteiger partial charge in [0.05, 0.1) is 11.5 Å². The molecule has 7 nitrogen and oxygen atoms in total. The van der Waals surface area contributed by atoms with Gasteiger partial charge in [0.25, 0.3) is 11.8 Å². The molecule has 0 heterocycles. The van der Waals surface area contributed by atoms with Gasteiger partial charge in [-0.05, 0) is 36.3 Å². The summed E-state index contributed by atoms with van der Waals surface area (Å²) in [6.45, 7) is 1.99. The number of benzene rings is 2. The molecule has 0 spiro atoms.